The maximum Gasteiger partial charge on any atom is 0.0270 e. The molecular weight excluding hydrogens is 484 g/mol. The summed E-state index contributed by atoms with van der Waals surface area (Å²) >= 11 is 0. The predicted octanol–water partition coefficient (Wildman–Crippen LogP) is 9.26. The van der Waals surface area contributed by atoms with E-state index < -0.39 is 0 Å². The SMILES string of the molecule is c1ccc(-c2ccc(C3C(c4ccncc4)C(c4ccc(-c5ccccc5)cc4)C3c3ccncc3)cc2)cc1. The van der Waals surface area contributed by atoms with Crippen LogP contribution >= 0.6 is 0 Å². The summed E-state index contributed by atoms with van der Waals surface area (Å²) in [6.07, 6.45) is 7.72. The van der Waals surface area contributed by atoms with Crippen molar-refractivity contribution < 1.29 is 0 Å². The minimum atomic E-state index is 0.339. The van der Waals surface area contributed by atoms with Crippen LogP contribution in [0.1, 0.15) is 45.9 Å². The first kappa shape index (κ1) is 24.2. The summed E-state index contributed by atoms with van der Waals surface area (Å²) < 4.78 is 0. The third-order valence-electron chi connectivity index (χ3n) is 8.53. The Kier molecular flexibility index (Phi) is 6.51. The van der Waals surface area contributed by atoms with Crippen LogP contribution in [0.25, 0.3) is 22.3 Å². The standard InChI is InChI=1S/C38H30N2/c1-3-7-27(8-4-1)29-11-15-31(16-12-29)35-37(33-19-23-39-24-20-33)36(38(35)34-21-25-40-26-22-34)32-17-13-30(14-18-32)28-9-5-2-6-10-28/h1-26,35-38H. The fourth-order valence-corrected chi connectivity index (χ4v) is 6.63. The third kappa shape index (κ3) is 4.52. The lowest BCUT2D eigenvalue weighted by Gasteiger charge is -2.53. The van der Waals surface area contributed by atoms with Gasteiger partial charge in [-0.1, -0.05) is 109 Å². The van der Waals surface area contributed by atoms with E-state index in [0.717, 1.165) is 0 Å². The fraction of sp³-hybridized carbons (Fsp3) is 0.105. The van der Waals surface area contributed by atoms with Crippen molar-refractivity contribution in [3.8, 4) is 22.3 Å². The van der Waals surface area contributed by atoms with Gasteiger partial charge in [0.15, 0.2) is 0 Å². The summed E-state index contributed by atoms with van der Waals surface area (Å²) in [6.45, 7) is 0. The topological polar surface area (TPSA) is 25.8 Å². The van der Waals surface area contributed by atoms with Crippen molar-refractivity contribution in [2.75, 3.05) is 0 Å². The number of hydrogen-bond donors (Lipinski definition) is 0. The average molecular weight is 515 g/mol. The number of aromatic nitrogens is 2. The van der Waals surface area contributed by atoms with Crippen molar-refractivity contribution in [3.63, 3.8) is 0 Å². The van der Waals surface area contributed by atoms with Crippen LogP contribution in [0, 0.1) is 0 Å². The van der Waals surface area contributed by atoms with E-state index in [9.17, 15) is 0 Å². The van der Waals surface area contributed by atoms with Gasteiger partial charge in [0.05, 0.1) is 0 Å². The Bertz CT molecular complexity index is 1530. The first-order valence-electron chi connectivity index (χ1n) is 14.0. The second kappa shape index (κ2) is 10.7. The predicted molar refractivity (Wildman–Crippen MR) is 163 cm³/mol. The molecule has 40 heavy (non-hydrogen) atoms. The molecule has 6 aromatic rings. The van der Waals surface area contributed by atoms with Crippen LogP contribution in [0.3, 0.4) is 0 Å². The fourth-order valence-electron chi connectivity index (χ4n) is 6.63. The number of rotatable bonds is 6. The van der Waals surface area contributed by atoms with E-state index in [1.54, 1.807) is 0 Å². The van der Waals surface area contributed by atoms with Gasteiger partial charge in [0.25, 0.3) is 0 Å². The van der Waals surface area contributed by atoms with Gasteiger partial charge >= 0.3 is 0 Å². The van der Waals surface area contributed by atoms with Crippen LogP contribution in [-0.4, -0.2) is 9.97 Å². The molecule has 0 N–H and O–H groups in total. The molecule has 0 radical (unpaired) electrons. The smallest absolute Gasteiger partial charge is 0.0270 e. The van der Waals surface area contributed by atoms with Crippen LogP contribution in [0.2, 0.25) is 0 Å². The van der Waals surface area contributed by atoms with E-state index in [2.05, 4.69) is 143 Å². The van der Waals surface area contributed by atoms with Gasteiger partial charge in [-0.05, 0) is 92.4 Å². The minimum Gasteiger partial charge on any atom is -0.265 e. The lowest BCUT2D eigenvalue weighted by atomic mass is 9.49. The first-order valence-corrected chi connectivity index (χ1v) is 14.0. The van der Waals surface area contributed by atoms with Gasteiger partial charge in [-0.2, -0.15) is 0 Å². The first-order chi connectivity index (χ1) is 19.9. The second-order valence-electron chi connectivity index (χ2n) is 10.6. The molecule has 2 heteroatoms. The Morgan fingerprint density at radius 1 is 0.275 bits per heavy atom. The van der Waals surface area contributed by atoms with E-state index in [1.165, 1.54) is 44.5 Å². The molecule has 2 heterocycles. The lowest BCUT2D eigenvalue weighted by molar-refractivity contribution is 0.228. The Hall–Kier alpha value is -4.82. The summed E-state index contributed by atoms with van der Waals surface area (Å²) in [5.74, 6) is 1.36. The van der Waals surface area contributed by atoms with Gasteiger partial charge in [-0.15, -0.1) is 0 Å². The maximum absolute atomic E-state index is 4.34. The van der Waals surface area contributed by atoms with Crippen LogP contribution in [-0.2, 0) is 0 Å². The number of pyridine rings is 2. The van der Waals surface area contributed by atoms with Crippen LogP contribution in [0.15, 0.2) is 158 Å². The average Bonchev–Trinajstić information content (AvgIpc) is 3.03. The molecule has 0 bridgehead atoms. The number of hydrogen-bond acceptors (Lipinski definition) is 2. The van der Waals surface area contributed by atoms with Crippen LogP contribution in [0.5, 0.6) is 0 Å². The maximum atomic E-state index is 4.34. The minimum absolute atomic E-state index is 0.339. The van der Waals surface area contributed by atoms with Crippen molar-refractivity contribution in [2.24, 2.45) is 0 Å². The summed E-state index contributed by atoms with van der Waals surface area (Å²) in [5.41, 5.74) is 10.4. The largest absolute Gasteiger partial charge is 0.265 e. The molecule has 0 aliphatic heterocycles. The van der Waals surface area contributed by atoms with E-state index in [4.69, 9.17) is 0 Å². The molecule has 1 aliphatic rings. The third-order valence-corrected chi connectivity index (χ3v) is 8.53. The zero-order chi connectivity index (χ0) is 26.7. The molecule has 2 aromatic heterocycles. The second-order valence-corrected chi connectivity index (χ2v) is 10.6. The molecule has 1 saturated carbocycles. The monoisotopic (exact) mass is 514 g/mol. The molecule has 1 fully saturated rings. The molecule has 0 amide bonds. The lowest BCUT2D eigenvalue weighted by Crippen LogP contribution is -2.40. The highest BCUT2D eigenvalue weighted by Gasteiger charge is 2.52. The molecule has 1 aliphatic carbocycles. The highest BCUT2D eigenvalue weighted by molar-refractivity contribution is 5.65. The van der Waals surface area contributed by atoms with Crippen LogP contribution < -0.4 is 0 Å². The molecule has 2 nitrogen and oxygen atoms in total. The van der Waals surface area contributed by atoms with Crippen molar-refractivity contribution >= 4 is 0 Å². The number of benzene rings is 4. The molecule has 0 unspecified atom stereocenters. The summed E-state index contributed by atoms with van der Waals surface area (Å²) in [4.78, 5) is 8.68. The van der Waals surface area contributed by atoms with E-state index in [1.807, 2.05) is 24.8 Å². The molecule has 0 atom stereocenters. The molecule has 4 aromatic carbocycles. The van der Waals surface area contributed by atoms with Gasteiger partial charge in [0.1, 0.15) is 0 Å². The van der Waals surface area contributed by atoms with E-state index in [0.29, 0.717) is 23.7 Å². The zero-order valence-electron chi connectivity index (χ0n) is 22.2. The molecule has 7 rings (SSSR count). The highest BCUT2D eigenvalue weighted by Crippen LogP contribution is 2.66. The summed E-state index contributed by atoms with van der Waals surface area (Å²) in [6, 6.07) is 48.5. The quantitative estimate of drug-likeness (QED) is 0.221. The van der Waals surface area contributed by atoms with Crippen molar-refractivity contribution in [1.29, 1.82) is 0 Å². The Labute approximate surface area is 236 Å². The summed E-state index contributed by atoms with van der Waals surface area (Å²) in [7, 11) is 0. The molecular formula is C38H30N2. The zero-order valence-corrected chi connectivity index (χ0v) is 22.2. The Morgan fingerprint density at radius 2 is 0.550 bits per heavy atom. The molecule has 0 spiro atoms. The normalized spacial score (nSPS) is 20.0. The van der Waals surface area contributed by atoms with Gasteiger partial charge in [0, 0.05) is 24.8 Å². The van der Waals surface area contributed by atoms with Gasteiger partial charge in [-0.3, -0.25) is 9.97 Å². The van der Waals surface area contributed by atoms with Gasteiger partial charge in [-0.25, -0.2) is 0 Å². The van der Waals surface area contributed by atoms with Crippen LogP contribution in [0.4, 0.5) is 0 Å². The summed E-state index contributed by atoms with van der Waals surface area (Å²) in [5, 5.41) is 0. The van der Waals surface area contributed by atoms with Crippen molar-refractivity contribution in [2.45, 2.75) is 23.7 Å². The Balaban J connectivity index is 1.31. The molecule has 0 saturated heterocycles. The molecule has 192 valence electrons. The van der Waals surface area contributed by atoms with Crippen molar-refractivity contribution in [3.05, 3.63) is 181 Å². The van der Waals surface area contributed by atoms with E-state index in [-0.39, 0.29) is 0 Å². The number of nitrogens with zero attached hydrogens (tertiary/aromatic N) is 2. The van der Waals surface area contributed by atoms with Crippen molar-refractivity contribution in [1.82, 2.24) is 9.97 Å². The Morgan fingerprint density at radius 3 is 0.875 bits per heavy atom. The van der Waals surface area contributed by atoms with Gasteiger partial charge in [0.2, 0.25) is 0 Å². The van der Waals surface area contributed by atoms with E-state index >= 15 is 0 Å². The van der Waals surface area contributed by atoms with Gasteiger partial charge < -0.3 is 0 Å². The highest BCUT2D eigenvalue weighted by atomic mass is 14.6.